The fraction of sp³-hybridized carbons (Fsp3) is 0.385. The van der Waals surface area contributed by atoms with Crippen LogP contribution in [0.25, 0.3) is 0 Å². The number of aldehydes is 1. The van der Waals surface area contributed by atoms with E-state index >= 15 is 0 Å². The number of hydrogen-bond acceptors (Lipinski definition) is 10. The maximum absolute atomic E-state index is 11.9. The van der Waals surface area contributed by atoms with E-state index in [1.54, 1.807) is 0 Å². The first kappa shape index (κ1) is 18.6. The predicted molar refractivity (Wildman–Crippen MR) is 71.8 cm³/mol. The van der Waals surface area contributed by atoms with Crippen molar-refractivity contribution in [3.8, 4) is 17.2 Å². The number of aliphatic hydroxyl groups is 4. The van der Waals surface area contributed by atoms with Gasteiger partial charge >= 0.3 is 5.97 Å². The molecule has 0 spiro atoms. The van der Waals surface area contributed by atoms with Crippen LogP contribution in [-0.2, 0) is 9.53 Å². The first-order valence-corrected chi connectivity index (χ1v) is 6.29. The first-order valence-electron chi connectivity index (χ1n) is 6.29. The normalized spacial score (nSPS) is 16.2. The molecule has 0 bridgehead atoms. The summed E-state index contributed by atoms with van der Waals surface area (Å²) in [5.74, 6) is -3.80. The van der Waals surface area contributed by atoms with Crippen molar-refractivity contribution in [2.75, 3.05) is 6.61 Å². The summed E-state index contributed by atoms with van der Waals surface area (Å²) in [4.78, 5) is 22.4. The van der Waals surface area contributed by atoms with Crippen molar-refractivity contribution in [2.45, 2.75) is 24.4 Å². The summed E-state index contributed by atoms with van der Waals surface area (Å²) in [5, 5.41) is 65.1. The molecule has 0 saturated carbocycles. The molecule has 0 aliphatic heterocycles. The summed E-state index contributed by atoms with van der Waals surface area (Å²) in [7, 11) is 0. The third-order valence-corrected chi connectivity index (χ3v) is 2.94. The smallest absolute Gasteiger partial charge is 0.338 e. The van der Waals surface area contributed by atoms with Gasteiger partial charge < -0.3 is 45.3 Å². The molecule has 0 heterocycles. The van der Waals surface area contributed by atoms with Crippen molar-refractivity contribution < 1.29 is 50.1 Å². The third-order valence-electron chi connectivity index (χ3n) is 2.94. The Kier molecular flexibility index (Phi) is 6.28. The number of aliphatic hydroxyl groups excluding tert-OH is 4. The fourth-order valence-electron chi connectivity index (χ4n) is 1.67. The minimum Gasteiger partial charge on any atom is -0.504 e. The number of esters is 1. The van der Waals surface area contributed by atoms with Gasteiger partial charge in [0.05, 0.1) is 12.2 Å². The van der Waals surface area contributed by atoms with Crippen molar-refractivity contribution in [3.05, 3.63) is 17.7 Å². The van der Waals surface area contributed by atoms with Crippen molar-refractivity contribution >= 4 is 12.3 Å². The lowest BCUT2D eigenvalue weighted by Gasteiger charge is -2.27. The van der Waals surface area contributed by atoms with E-state index in [1.165, 1.54) is 0 Å². The van der Waals surface area contributed by atoms with Crippen LogP contribution in [0.2, 0.25) is 0 Å². The molecular formula is C13H16O10. The van der Waals surface area contributed by atoms with Crippen molar-refractivity contribution in [1.29, 1.82) is 0 Å². The van der Waals surface area contributed by atoms with Crippen molar-refractivity contribution in [1.82, 2.24) is 0 Å². The second-order valence-electron chi connectivity index (χ2n) is 4.60. The van der Waals surface area contributed by atoms with Gasteiger partial charge in [-0.1, -0.05) is 0 Å². The first-order chi connectivity index (χ1) is 10.7. The number of phenols is 3. The number of carbonyl (C=O) groups excluding carboxylic acids is 2. The maximum atomic E-state index is 11.9. The van der Waals surface area contributed by atoms with Crippen LogP contribution in [0.15, 0.2) is 12.1 Å². The van der Waals surface area contributed by atoms with Gasteiger partial charge in [-0.15, -0.1) is 0 Å². The molecular weight excluding hydrogens is 316 g/mol. The van der Waals surface area contributed by atoms with Gasteiger partial charge in [0.25, 0.3) is 0 Å². The standard InChI is InChI=1S/C13H16O10/c14-3-8(18)11(21)12(9(19)4-15)23-13(22)5-1-6(16)10(20)7(17)2-5/h1-3,8-9,11-12,15-21H,4H2/t8-,9+,11+,12+/m0/s1. The van der Waals surface area contributed by atoms with Gasteiger partial charge in [-0.25, -0.2) is 4.79 Å². The third kappa shape index (κ3) is 4.29. The van der Waals surface area contributed by atoms with Crippen LogP contribution in [0.1, 0.15) is 10.4 Å². The lowest BCUT2D eigenvalue weighted by Crippen LogP contribution is -2.49. The Morgan fingerprint density at radius 1 is 1.13 bits per heavy atom. The summed E-state index contributed by atoms with van der Waals surface area (Å²) in [6.45, 7) is -0.952. The van der Waals surface area contributed by atoms with Crippen LogP contribution in [-0.4, -0.2) is 79.0 Å². The molecule has 0 amide bonds. The molecule has 0 aliphatic rings. The Morgan fingerprint density at radius 3 is 2.09 bits per heavy atom. The number of ether oxygens (including phenoxy) is 1. The second kappa shape index (κ2) is 7.74. The van der Waals surface area contributed by atoms with Crippen molar-refractivity contribution in [2.24, 2.45) is 0 Å². The van der Waals surface area contributed by atoms with Gasteiger partial charge in [0.2, 0.25) is 0 Å². The number of hydrogen-bond donors (Lipinski definition) is 7. The molecule has 1 rings (SSSR count). The highest BCUT2D eigenvalue weighted by atomic mass is 16.6. The molecule has 23 heavy (non-hydrogen) atoms. The van der Waals surface area contributed by atoms with Gasteiger partial charge in [-0.3, -0.25) is 0 Å². The maximum Gasteiger partial charge on any atom is 0.338 e. The zero-order valence-corrected chi connectivity index (χ0v) is 11.6. The van der Waals surface area contributed by atoms with E-state index in [1.807, 2.05) is 0 Å². The van der Waals surface area contributed by atoms with Crippen molar-refractivity contribution in [3.63, 3.8) is 0 Å². The molecule has 1 aromatic carbocycles. The fourth-order valence-corrected chi connectivity index (χ4v) is 1.67. The van der Waals surface area contributed by atoms with Gasteiger partial charge in [0, 0.05) is 0 Å². The van der Waals surface area contributed by atoms with E-state index < -0.39 is 59.8 Å². The highest BCUT2D eigenvalue weighted by molar-refractivity contribution is 5.91. The van der Waals surface area contributed by atoms with E-state index in [0.717, 1.165) is 12.1 Å². The van der Waals surface area contributed by atoms with Gasteiger partial charge in [-0.2, -0.15) is 0 Å². The van der Waals surface area contributed by atoms with Gasteiger partial charge in [0.1, 0.15) is 18.3 Å². The molecule has 0 unspecified atom stereocenters. The SMILES string of the molecule is O=C[C@H](O)[C@@H](O)[C@H](OC(=O)c1cc(O)c(O)c(O)c1)[C@H](O)CO. The van der Waals surface area contributed by atoms with Crippen LogP contribution in [0.3, 0.4) is 0 Å². The van der Waals surface area contributed by atoms with E-state index in [0.29, 0.717) is 0 Å². The van der Waals surface area contributed by atoms with E-state index in [4.69, 9.17) is 9.84 Å². The average Bonchev–Trinajstić information content (AvgIpc) is 2.54. The van der Waals surface area contributed by atoms with E-state index in [2.05, 4.69) is 0 Å². The summed E-state index contributed by atoms with van der Waals surface area (Å²) in [5.41, 5.74) is -0.458. The lowest BCUT2D eigenvalue weighted by molar-refractivity contribution is -0.138. The monoisotopic (exact) mass is 332 g/mol. The largest absolute Gasteiger partial charge is 0.504 e. The second-order valence-corrected chi connectivity index (χ2v) is 4.60. The molecule has 0 fully saturated rings. The quantitative estimate of drug-likeness (QED) is 0.161. The van der Waals surface area contributed by atoms with E-state index in [-0.39, 0.29) is 6.29 Å². The summed E-state index contributed by atoms with van der Waals surface area (Å²) in [6.07, 6.45) is -7.77. The topological polar surface area (TPSA) is 185 Å². The molecule has 4 atom stereocenters. The molecule has 0 aliphatic carbocycles. The number of phenolic OH excluding ortho intramolecular Hbond substituents is 3. The number of carbonyl (C=O) groups is 2. The van der Waals surface area contributed by atoms with Gasteiger partial charge in [-0.05, 0) is 12.1 Å². The summed E-state index contributed by atoms with van der Waals surface area (Å²) < 4.78 is 4.70. The lowest BCUT2D eigenvalue weighted by atomic mass is 10.0. The number of aromatic hydroxyl groups is 3. The molecule has 1 aromatic rings. The summed E-state index contributed by atoms with van der Waals surface area (Å²) >= 11 is 0. The zero-order valence-electron chi connectivity index (χ0n) is 11.6. The molecule has 0 radical (unpaired) electrons. The van der Waals surface area contributed by atoms with Crippen LogP contribution in [0, 0.1) is 0 Å². The Hall–Kier alpha value is -2.40. The van der Waals surface area contributed by atoms with Crippen LogP contribution in [0.4, 0.5) is 0 Å². The molecule has 128 valence electrons. The summed E-state index contributed by atoms with van der Waals surface area (Å²) in [6, 6.07) is 1.48. The Balaban J connectivity index is 3.03. The zero-order chi connectivity index (χ0) is 17.7. The van der Waals surface area contributed by atoms with Crippen LogP contribution in [0.5, 0.6) is 17.2 Å². The van der Waals surface area contributed by atoms with Crippen LogP contribution >= 0.6 is 0 Å². The van der Waals surface area contributed by atoms with E-state index in [9.17, 15) is 40.2 Å². The minimum absolute atomic E-state index is 0.0617. The van der Waals surface area contributed by atoms with Gasteiger partial charge in [0.15, 0.2) is 29.6 Å². The van der Waals surface area contributed by atoms with Crippen LogP contribution < -0.4 is 0 Å². The Bertz CT molecular complexity index is 549. The average molecular weight is 332 g/mol. The molecule has 0 saturated heterocycles. The molecule has 10 heteroatoms. The Morgan fingerprint density at radius 2 is 1.65 bits per heavy atom. The number of benzene rings is 1. The highest BCUT2D eigenvalue weighted by Crippen LogP contribution is 2.35. The molecule has 0 aromatic heterocycles. The highest BCUT2D eigenvalue weighted by Gasteiger charge is 2.35. The number of rotatable bonds is 7. The minimum atomic E-state index is -2.03. The Labute approximate surface area is 129 Å². The molecule has 7 N–H and O–H groups in total. The predicted octanol–water partition coefficient (Wildman–Crippen LogP) is -2.40. The molecule has 10 nitrogen and oxygen atoms in total.